The van der Waals surface area contributed by atoms with E-state index in [1.807, 2.05) is 24.3 Å². The van der Waals surface area contributed by atoms with E-state index in [9.17, 15) is 4.79 Å². The summed E-state index contributed by atoms with van der Waals surface area (Å²) >= 11 is 11.8. The number of halogens is 2. The van der Waals surface area contributed by atoms with Crippen LogP contribution in [0.5, 0.6) is 0 Å². The molecule has 1 aliphatic rings. The van der Waals surface area contributed by atoms with Crippen LogP contribution in [-0.2, 0) is 16.1 Å². The van der Waals surface area contributed by atoms with E-state index < -0.39 is 0 Å². The van der Waals surface area contributed by atoms with Gasteiger partial charge >= 0.3 is 0 Å². The van der Waals surface area contributed by atoms with E-state index in [-0.39, 0.29) is 18.6 Å². The lowest BCUT2D eigenvalue weighted by Crippen LogP contribution is -2.46. The molecule has 0 radical (unpaired) electrons. The van der Waals surface area contributed by atoms with Gasteiger partial charge in [0.05, 0.1) is 12.0 Å². The van der Waals surface area contributed by atoms with Gasteiger partial charge in [-0.15, -0.1) is 11.6 Å². The predicted octanol–water partition coefficient (Wildman–Crippen LogP) is 2.31. The van der Waals surface area contributed by atoms with E-state index in [0.29, 0.717) is 24.0 Å². The molecular weight excluding hydrogens is 261 g/mol. The standard InChI is InChI=1S/C12H13Cl2NO2/c13-5-10-7-15(12(16)8-17-10)6-9-3-1-2-4-11(9)14/h1-4,10H,5-8H2. The van der Waals surface area contributed by atoms with Crippen LogP contribution in [0.2, 0.25) is 5.02 Å². The molecule has 1 amide bonds. The molecule has 1 aliphatic heterocycles. The summed E-state index contributed by atoms with van der Waals surface area (Å²) in [7, 11) is 0. The number of hydrogen-bond donors (Lipinski definition) is 0. The van der Waals surface area contributed by atoms with Crippen LogP contribution >= 0.6 is 23.2 Å². The summed E-state index contributed by atoms with van der Waals surface area (Å²) in [6.07, 6.45) is -0.0862. The molecule has 17 heavy (non-hydrogen) atoms. The second kappa shape index (κ2) is 5.71. The smallest absolute Gasteiger partial charge is 0.248 e. The SMILES string of the molecule is O=C1COC(CCl)CN1Cc1ccccc1Cl. The molecule has 1 unspecified atom stereocenters. The molecule has 1 atom stereocenters. The summed E-state index contributed by atoms with van der Waals surface area (Å²) in [5.41, 5.74) is 0.942. The van der Waals surface area contributed by atoms with Gasteiger partial charge in [-0.3, -0.25) is 4.79 Å². The molecule has 0 spiro atoms. The maximum absolute atomic E-state index is 11.7. The molecule has 92 valence electrons. The van der Waals surface area contributed by atoms with Crippen molar-refractivity contribution in [2.75, 3.05) is 19.0 Å². The van der Waals surface area contributed by atoms with Crippen molar-refractivity contribution in [3.8, 4) is 0 Å². The molecule has 1 heterocycles. The van der Waals surface area contributed by atoms with Crippen molar-refractivity contribution in [1.29, 1.82) is 0 Å². The third-order valence-corrected chi connectivity index (χ3v) is 3.42. The van der Waals surface area contributed by atoms with Crippen molar-refractivity contribution in [1.82, 2.24) is 4.90 Å². The molecule has 0 aliphatic carbocycles. The molecule has 0 aromatic heterocycles. The first-order valence-electron chi connectivity index (χ1n) is 5.39. The summed E-state index contributed by atoms with van der Waals surface area (Å²) in [5, 5.41) is 0.675. The molecule has 3 nitrogen and oxygen atoms in total. The molecule has 1 fully saturated rings. The molecule has 1 saturated heterocycles. The van der Waals surface area contributed by atoms with Crippen molar-refractivity contribution >= 4 is 29.1 Å². The second-order valence-electron chi connectivity index (χ2n) is 3.95. The highest BCUT2D eigenvalue weighted by Crippen LogP contribution is 2.19. The maximum Gasteiger partial charge on any atom is 0.248 e. The number of carbonyl (C=O) groups is 1. The Hall–Kier alpha value is -0.770. The Bertz CT molecular complexity index is 411. The second-order valence-corrected chi connectivity index (χ2v) is 4.67. The van der Waals surface area contributed by atoms with E-state index in [2.05, 4.69) is 0 Å². The first kappa shape index (κ1) is 12.7. The lowest BCUT2D eigenvalue weighted by Gasteiger charge is -2.32. The van der Waals surface area contributed by atoms with Gasteiger partial charge in [-0.1, -0.05) is 29.8 Å². The fourth-order valence-electron chi connectivity index (χ4n) is 1.76. The van der Waals surface area contributed by atoms with Gasteiger partial charge in [-0.25, -0.2) is 0 Å². The van der Waals surface area contributed by atoms with Gasteiger partial charge < -0.3 is 9.64 Å². The Kier molecular flexibility index (Phi) is 4.26. The van der Waals surface area contributed by atoms with Crippen LogP contribution in [0.15, 0.2) is 24.3 Å². The molecule has 0 bridgehead atoms. The Balaban J connectivity index is 2.07. The number of ether oxygens (including phenoxy) is 1. The highest BCUT2D eigenvalue weighted by Gasteiger charge is 2.25. The molecule has 5 heteroatoms. The fourth-order valence-corrected chi connectivity index (χ4v) is 2.14. The largest absolute Gasteiger partial charge is 0.365 e. The van der Waals surface area contributed by atoms with Gasteiger partial charge in [0.15, 0.2) is 0 Å². The number of hydrogen-bond acceptors (Lipinski definition) is 2. The number of amides is 1. The van der Waals surface area contributed by atoms with Crippen LogP contribution in [0.1, 0.15) is 5.56 Å². The first-order chi connectivity index (χ1) is 8.20. The summed E-state index contributed by atoms with van der Waals surface area (Å²) in [5.74, 6) is 0.373. The van der Waals surface area contributed by atoms with Crippen LogP contribution in [0, 0.1) is 0 Å². The Morgan fingerprint density at radius 1 is 1.41 bits per heavy atom. The monoisotopic (exact) mass is 273 g/mol. The Labute approximate surface area is 110 Å². The molecule has 1 aromatic rings. The highest BCUT2D eigenvalue weighted by molar-refractivity contribution is 6.31. The third kappa shape index (κ3) is 3.12. The van der Waals surface area contributed by atoms with Crippen molar-refractivity contribution in [2.24, 2.45) is 0 Å². The summed E-state index contributed by atoms with van der Waals surface area (Å²) in [6.45, 7) is 1.13. The van der Waals surface area contributed by atoms with Crippen LogP contribution in [0.3, 0.4) is 0 Å². The highest BCUT2D eigenvalue weighted by atomic mass is 35.5. The van der Waals surface area contributed by atoms with Crippen molar-refractivity contribution in [2.45, 2.75) is 12.6 Å². The Morgan fingerprint density at radius 2 is 2.18 bits per heavy atom. The number of rotatable bonds is 3. The summed E-state index contributed by atoms with van der Waals surface area (Å²) in [6, 6.07) is 7.52. The average molecular weight is 274 g/mol. The minimum atomic E-state index is -0.0862. The zero-order chi connectivity index (χ0) is 12.3. The number of morpholine rings is 1. The van der Waals surface area contributed by atoms with E-state index in [1.165, 1.54) is 0 Å². The summed E-state index contributed by atoms with van der Waals surface area (Å²) < 4.78 is 5.28. The van der Waals surface area contributed by atoms with E-state index in [1.54, 1.807) is 4.90 Å². The van der Waals surface area contributed by atoms with Gasteiger partial charge in [0.1, 0.15) is 6.61 Å². The zero-order valence-corrected chi connectivity index (χ0v) is 10.7. The van der Waals surface area contributed by atoms with Crippen LogP contribution < -0.4 is 0 Å². The minimum absolute atomic E-state index is 0.0220. The predicted molar refractivity (Wildman–Crippen MR) is 67.3 cm³/mol. The van der Waals surface area contributed by atoms with Gasteiger partial charge in [0.25, 0.3) is 0 Å². The van der Waals surface area contributed by atoms with Crippen molar-refractivity contribution in [3.63, 3.8) is 0 Å². The van der Waals surface area contributed by atoms with Gasteiger partial charge in [-0.2, -0.15) is 0 Å². The van der Waals surface area contributed by atoms with Gasteiger partial charge in [0.2, 0.25) is 5.91 Å². The number of alkyl halides is 1. The van der Waals surface area contributed by atoms with Gasteiger partial charge in [0, 0.05) is 18.1 Å². The number of carbonyl (C=O) groups excluding carboxylic acids is 1. The quantitative estimate of drug-likeness (QED) is 0.791. The average Bonchev–Trinajstić information content (AvgIpc) is 2.35. The van der Waals surface area contributed by atoms with Crippen LogP contribution in [0.25, 0.3) is 0 Å². The molecular formula is C12H13Cl2NO2. The number of benzene rings is 1. The van der Waals surface area contributed by atoms with Crippen LogP contribution in [0.4, 0.5) is 0 Å². The lowest BCUT2D eigenvalue weighted by atomic mass is 10.2. The lowest BCUT2D eigenvalue weighted by molar-refractivity contribution is -0.148. The maximum atomic E-state index is 11.7. The molecule has 0 saturated carbocycles. The van der Waals surface area contributed by atoms with E-state index in [0.717, 1.165) is 5.56 Å². The van der Waals surface area contributed by atoms with Crippen molar-refractivity contribution < 1.29 is 9.53 Å². The minimum Gasteiger partial charge on any atom is -0.365 e. The van der Waals surface area contributed by atoms with E-state index >= 15 is 0 Å². The third-order valence-electron chi connectivity index (χ3n) is 2.71. The van der Waals surface area contributed by atoms with Gasteiger partial charge in [-0.05, 0) is 11.6 Å². The molecule has 2 rings (SSSR count). The first-order valence-corrected chi connectivity index (χ1v) is 6.30. The van der Waals surface area contributed by atoms with Crippen molar-refractivity contribution in [3.05, 3.63) is 34.9 Å². The molecule has 1 aromatic carbocycles. The fraction of sp³-hybridized carbons (Fsp3) is 0.417. The summed E-state index contributed by atoms with van der Waals surface area (Å²) in [4.78, 5) is 13.4. The zero-order valence-electron chi connectivity index (χ0n) is 9.23. The molecule has 0 N–H and O–H groups in total. The van der Waals surface area contributed by atoms with E-state index in [4.69, 9.17) is 27.9 Å². The normalized spacial score (nSPS) is 20.7. The topological polar surface area (TPSA) is 29.5 Å². The number of nitrogens with zero attached hydrogens (tertiary/aromatic N) is 1. The van der Waals surface area contributed by atoms with Crippen LogP contribution in [-0.4, -0.2) is 35.9 Å². The Morgan fingerprint density at radius 3 is 2.88 bits per heavy atom.